The fourth-order valence-corrected chi connectivity index (χ4v) is 5.19. The van der Waals surface area contributed by atoms with Crippen LogP contribution in [0.15, 0.2) is 36.4 Å². The molecule has 2 aliphatic rings. The zero-order chi connectivity index (χ0) is 17.2. The smallest absolute Gasteiger partial charge is 0.264 e. The van der Waals surface area contributed by atoms with Crippen LogP contribution in [0.2, 0.25) is 0 Å². The van der Waals surface area contributed by atoms with E-state index in [1.165, 1.54) is 29.0 Å². The van der Waals surface area contributed by atoms with Crippen molar-refractivity contribution in [2.75, 3.05) is 31.1 Å². The van der Waals surface area contributed by atoms with E-state index in [9.17, 15) is 4.79 Å². The van der Waals surface area contributed by atoms with Gasteiger partial charge < -0.3 is 9.80 Å². The largest absolute Gasteiger partial charge is 0.368 e. The summed E-state index contributed by atoms with van der Waals surface area (Å²) in [6, 6.07) is 12.7. The quantitative estimate of drug-likeness (QED) is 0.824. The number of piperazine rings is 1. The predicted octanol–water partition coefficient (Wildman–Crippen LogP) is 4.23. The number of amides is 1. The van der Waals surface area contributed by atoms with Crippen LogP contribution >= 0.6 is 11.3 Å². The third-order valence-electron chi connectivity index (χ3n) is 5.66. The highest BCUT2D eigenvalue weighted by Gasteiger charge is 2.26. The van der Waals surface area contributed by atoms with Gasteiger partial charge in [-0.05, 0) is 48.9 Å². The molecule has 1 aromatic carbocycles. The molecule has 2 aromatic rings. The van der Waals surface area contributed by atoms with Gasteiger partial charge in [-0.25, -0.2) is 0 Å². The first-order valence-electron chi connectivity index (χ1n) is 9.45. The van der Waals surface area contributed by atoms with E-state index in [-0.39, 0.29) is 5.91 Å². The molecule has 1 atom stereocenters. The average molecular weight is 355 g/mol. The molecule has 0 N–H and O–H groups in total. The maximum absolute atomic E-state index is 12.9. The molecular weight excluding hydrogens is 328 g/mol. The van der Waals surface area contributed by atoms with E-state index >= 15 is 0 Å². The van der Waals surface area contributed by atoms with Gasteiger partial charge in [0.25, 0.3) is 5.91 Å². The third kappa shape index (κ3) is 3.45. The lowest BCUT2D eigenvalue weighted by Gasteiger charge is -2.36. The molecule has 4 heteroatoms. The van der Waals surface area contributed by atoms with Gasteiger partial charge in [0.05, 0.1) is 4.88 Å². The van der Waals surface area contributed by atoms with Crippen molar-refractivity contribution >= 4 is 22.9 Å². The van der Waals surface area contributed by atoms with Crippen LogP contribution in [0.3, 0.4) is 0 Å². The Kier molecular flexibility index (Phi) is 4.80. The second-order valence-electron chi connectivity index (χ2n) is 7.19. The van der Waals surface area contributed by atoms with Gasteiger partial charge in [-0.15, -0.1) is 11.3 Å². The van der Waals surface area contributed by atoms with Crippen LogP contribution in [0.1, 0.15) is 39.9 Å². The number of rotatable bonds is 3. The Morgan fingerprint density at radius 1 is 1.16 bits per heavy atom. The van der Waals surface area contributed by atoms with Crippen molar-refractivity contribution in [1.82, 2.24) is 4.90 Å². The first-order valence-corrected chi connectivity index (χ1v) is 10.3. The fraction of sp³-hybridized carbons (Fsp3) is 0.476. The van der Waals surface area contributed by atoms with E-state index in [4.69, 9.17) is 0 Å². The number of carbonyl (C=O) groups excluding carboxylic acids is 1. The fourth-order valence-electron chi connectivity index (χ4n) is 4.02. The van der Waals surface area contributed by atoms with E-state index in [2.05, 4.69) is 42.2 Å². The highest BCUT2D eigenvalue weighted by atomic mass is 32.1. The lowest BCUT2D eigenvalue weighted by atomic mass is 9.87. The number of hydrogen-bond acceptors (Lipinski definition) is 3. The van der Waals surface area contributed by atoms with Crippen LogP contribution < -0.4 is 4.90 Å². The second-order valence-corrected chi connectivity index (χ2v) is 8.33. The predicted molar refractivity (Wildman–Crippen MR) is 105 cm³/mol. The molecule has 0 spiro atoms. The van der Waals surface area contributed by atoms with Gasteiger partial charge >= 0.3 is 0 Å². The summed E-state index contributed by atoms with van der Waals surface area (Å²) in [5.74, 6) is 1.04. The van der Waals surface area contributed by atoms with Gasteiger partial charge in [-0.2, -0.15) is 0 Å². The molecule has 1 amide bonds. The number of anilines is 1. The molecule has 0 bridgehead atoms. The summed E-state index contributed by atoms with van der Waals surface area (Å²) in [5, 5.41) is 0. The molecule has 1 aromatic heterocycles. The molecule has 1 aliphatic heterocycles. The molecule has 132 valence electrons. The summed E-state index contributed by atoms with van der Waals surface area (Å²) in [5.41, 5.74) is 2.70. The minimum atomic E-state index is 0.236. The van der Waals surface area contributed by atoms with Gasteiger partial charge in [-0.1, -0.05) is 31.5 Å². The molecule has 1 saturated heterocycles. The summed E-state index contributed by atoms with van der Waals surface area (Å²) in [6.07, 6.45) is 4.86. The van der Waals surface area contributed by atoms with Crippen LogP contribution in [0.25, 0.3) is 0 Å². The average Bonchev–Trinajstić information content (AvgIpc) is 3.11. The maximum Gasteiger partial charge on any atom is 0.264 e. The number of benzene rings is 1. The summed E-state index contributed by atoms with van der Waals surface area (Å²) < 4.78 is 0. The van der Waals surface area contributed by atoms with Crippen LogP contribution in [-0.4, -0.2) is 37.0 Å². The van der Waals surface area contributed by atoms with E-state index in [0.29, 0.717) is 0 Å². The van der Waals surface area contributed by atoms with Crippen LogP contribution in [0.4, 0.5) is 5.69 Å². The van der Waals surface area contributed by atoms with Gasteiger partial charge in [-0.3, -0.25) is 4.79 Å². The van der Waals surface area contributed by atoms with Crippen molar-refractivity contribution in [3.8, 4) is 0 Å². The van der Waals surface area contributed by atoms with Crippen molar-refractivity contribution in [2.24, 2.45) is 5.92 Å². The normalized spacial score (nSPS) is 20.4. The van der Waals surface area contributed by atoms with Gasteiger partial charge in [0.1, 0.15) is 0 Å². The highest BCUT2D eigenvalue weighted by Crippen LogP contribution is 2.34. The Morgan fingerprint density at radius 2 is 1.92 bits per heavy atom. The summed E-state index contributed by atoms with van der Waals surface area (Å²) in [4.78, 5) is 19.7. The number of aryl methyl sites for hydroxylation is 1. The van der Waals surface area contributed by atoms with Crippen molar-refractivity contribution in [3.63, 3.8) is 0 Å². The summed E-state index contributed by atoms with van der Waals surface area (Å²) in [6.45, 7) is 5.74. The van der Waals surface area contributed by atoms with Crippen molar-refractivity contribution < 1.29 is 4.79 Å². The Labute approximate surface area is 154 Å². The zero-order valence-electron chi connectivity index (χ0n) is 14.9. The monoisotopic (exact) mass is 354 g/mol. The van der Waals surface area contributed by atoms with Crippen molar-refractivity contribution in [3.05, 3.63) is 51.7 Å². The number of hydrogen-bond donors (Lipinski definition) is 0. The Morgan fingerprint density at radius 3 is 2.64 bits per heavy atom. The molecule has 4 rings (SSSR count). The summed E-state index contributed by atoms with van der Waals surface area (Å²) in [7, 11) is 0. The van der Waals surface area contributed by atoms with E-state index in [1.807, 2.05) is 11.0 Å². The topological polar surface area (TPSA) is 23.6 Å². The highest BCUT2D eigenvalue weighted by molar-refractivity contribution is 7.14. The van der Waals surface area contributed by atoms with Crippen LogP contribution in [0, 0.1) is 5.92 Å². The van der Waals surface area contributed by atoms with E-state index < -0.39 is 0 Å². The molecule has 2 heterocycles. The lowest BCUT2D eigenvalue weighted by molar-refractivity contribution is 0.0751. The third-order valence-corrected chi connectivity index (χ3v) is 6.89. The van der Waals surface area contributed by atoms with Crippen LogP contribution in [0.5, 0.6) is 0 Å². The molecule has 1 fully saturated rings. The number of fused-ring (bicyclic) bond motifs is 1. The second kappa shape index (κ2) is 7.20. The Balaban J connectivity index is 1.40. The first-order chi connectivity index (χ1) is 12.2. The SMILES string of the molecule is CCC1CCc2sc(C(=O)N3CCN(c4ccccc4)CC3)cc2C1. The number of thiophene rings is 1. The zero-order valence-corrected chi connectivity index (χ0v) is 15.7. The minimum absolute atomic E-state index is 0.236. The van der Waals surface area contributed by atoms with E-state index in [0.717, 1.165) is 49.8 Å². The van der Waals surface area contributed by atoms with Crippen molar-refractivity contribution in [1.29, 1.82) is 0 Å². The van der Waals surface area contributed by atoms with Crippen LogP contribution in [-0.2, 0) is 12.8 Å². The molecule has 3 nitrogen and oxygen atoms in total. The van der Waals surface area contributed by atoms with Gasteiger partial charge in [0.15, 0.2) is 0 Å². The molecular formula is C21H26N2OS. The standard InChI is InChI=1S/C21H26N2OS/c1-2-16-8-9-19-17(14-16)15-20(25-19)21(24)23-12-10-22(11-13-23)18-6-4-3-5-7-18/h3-7,15-16H,2,8-14H2,1H3. The maximum atomic E-state index is 12.9. The first kappa shape index (κ1) is 16.6. The minimum Gasteiger partial charge on any atom is -0.368 e. The van der Waals surface area contributed by atoms with E-state index in [1.54, 1.807) is 11.3 Å². The van der Waals surface area contributed by atoms with Gasteiger partial charge in [0, 0.05) is 36.7 Å². The van der Waals surface area contributed by atoms with Gasteiger partial charge in [0.2, 0.25) is 0 Å². The molecule has 0 radical (unpaired) electrons. The molecule has 25 heavy (non-hydrogen) atoms. The summed E-state index contributed by atoms with van der Waals surface area (Å²) >= 11 is 1.74. The molecule has 1 unspecified atom stereocenters. The molecule has 0 saturated carbocycles. The molecule has 1 aliphatic carbocycles. The number of nitrogens with zero attached hydrogens (tertiary/aromatic N) is 2. The number of carbonyl (C=O) groups is 1. The number of para-hydroxylation sites is 1. The Hall–Kier alpha value is -1.81. The van der Waals surface area contributed by atoms with Crippen molar-refractivity contribution in [2.45, 2.75) is 32.6 Å². The Bertz CT molecular complexity index is 732. The lowest BCUT2D eigenvalue weighted by Crippen LogP contribution is -2.48.